The lowest BCUT2D eigenvalue weighted by atomic mass is 10.1. The Balaban J connectivity index is 2.08. The third-order valence-corrected chi connectivity index (χ3v) is 4.38. The summed E-state index contributed by atoms with van der Waals surface area (Å²) in [4.78, 5) is 25.4. The summed E-state index contributed by atoms with van der Waals surface area (Å²) < 4.78 is 12.1. The lowest BCUT2D eigenvalue weighted by Crippen LogP contribution is -2.20. The van der Waals surface area contributed by atoms with Crippen LogP contribution in [0.3, 0.4) is 0 Å². The van der Waals surface area contributed by atoms with Gasteiger partial charge in [0, 0.05) is 11.9 Å². The van der Waals surface area contributed by atoms with Crippen molar-refractivity contribution in [2.24, 2.45) is 0 Å². The van der Waals surface area contributed by atoms with Crippen molar-refractivity contribution in [2.45, 2.75) is 0 Å². The summed E-state index contributed by atoms with van der Waals surface area (Å²) in [5.41, 5.74) is 0.365. The number of pyridine rings is 1. The molecule has 6 heteroatoms. The average Bonchev–Trinajstić information content (AvgIpc) is 2.65. The number of para-hydroxylation sites is 1. The van der Waals surface area contributed by atoms with Crippen molar-refractivity contribution >= 4 is 33.5 Å². The van der Waals surface area contributed by atoms with Crippen molar-refractivity contribution in [2.75, 3.05) is 7.11 Å². The number of rotatable bonds is 2. The zero-order valence-electron chi connectivity index (χ0n) is 13.2. The zero-order valence-corrected chi connectivity index (χ0v) is 13.9. The first kappa shape index (κ1) is 15.5. The van der Waals surface area contributed by atoms with Crippen molar-refractivity contribution in [1.29, 1.82) is 0 Å². The summed E-state index contributed by atoms with van der Waals surface area (Å²) in [6, 6.07) is 13.7. The Bertz CT molecular complexity index is 1220. The van der Waals surface area contributed by atoms with E-state index < -0.39 is 5.56 Å². The minimum Gasteiger partial charge on any atom is -0.497 e. The first-order valence-corrected chi connectivity index (χ1v) is 7.89. The number of hydrogen-bond acceptors (Lipinski definition) is 4. The predicted octanol–water partition coefficient (Wildman–Crippen LogP) is 3.76. The van der Waals surface area contributed by atoms with Crippen molar-refractivity contribution in [3.63, 3.8) is 0 Å². The third-order valence-electron chi connectivity index (χ3n) is 4.05. The minimum atomic E-state index is -0.460. The molecular weight excluding hydrogens is 342 g/mol. The molecule has 0 spiro atoms. The highest BCUT2D eigenvalue weighted by Gasteiger charge is 2.16. The lowest BCUT2D eigenvalue weighted by Gasteiger charge is -2.10. The number of aromatic nitrogens is 1. The van der Waals surface area contributed by atoms with Crippen LogP contribution in [0.2, 0.25) is 5.02 Å². The molecule has 0 aliphatic rings. The number of nitrogens with zero attached hydrogens (tertiary/aromatic N) is 1. The first-order chi connectivity index (χ1) is 12.1. The maximum atomic E-state index is 12.8. The van der Waals surface area contributed by atoms with Crippen LogP contribution < -0.4 is 15.7 Å². The largest absolute Gasteiger partial charge is 0.497 e. The van der Waals surface area contributed by atoms with E-state index in [9.17, 15) is 9.59 Å². The molecule has 2 heterocycles. The number of methoxy groups -OCH3 is 1. The highest BCUT2D eigenvalue weighted by Crippen LogP contribution is 2.24. The average molecular weight is 354 g/mol. The van der Waals surface area contributed by atoms with Gasteiger partial charge in [-0.25, -0.2) is 0 Å². The van der Waals surface area contributed by atoms with Crippen LogP contribution in [0, 0.1) is 0 Å². The Hall–Kier alpha value is -3.05. The van der Waals surface area contributed by atoms with Crippen LogP contribution in [0.15, 0.2) is 68.7 Å². The number of ether oxygens (including phenoxy) is 1. The predicted molar refractivity (Wildman–Crippen MR) is 97.1 cm³/mol. The summed E-state index contributed by atoms with van der Waals surface area (Å²) >= 11 is 6.22. The van der Waals surface area contributed by atoms with Gasteiger partial charge < -0.3 is 9.15 Å². The fourth-order valence-electron chi connectivity index (χ4n) is 2.76. The Morgan fingerprint density at radius 1 is 1.00 bits per heavy atom. The Morgan fingerprint density at radius 3 is 2.44 bits per heavy atom. The monoisotopic (exact) mass is 353 g/mol. The molecule has 4 aromatic rings. The maximum Gasteiger partial charge on any atom is 0.277 e. The van der Waals surface area contributed by atoms with Crippen molar-refractivity contribution < 1.29 is 9.15 Å². The molecule has 2 aromatic heterocycles. The van der Waals surface area contributed by atoms with Gasteiger partial charge in [-0.05, 0) is 36.4 Å². The molecule has 0 bridgehead atoms. The van der Waals surface area contributed by atoms with E-state index in [4.69, 9.17) is 20.8 Å². The van der Waals surface area contributed by atoms with Gasteiger partial charge in [0.25, 0.3) is 5.56 Å². The molecule has 5 nitrogen and oxygen atoms in total. The second-order valence-corrected chi connectivity index (χ2v) is 5.86. The molecule has 0 atom stereocenters. The number of halogens is 1. The van der Waals surface area contributed by atoms with Gasteiger partial charge in [0.05, 0.1) is 17.9 Å². The van der Waals surface area contributed by atoms with Crippen LogP contribution in [0.25, 0.3) is 27.6 Å². The van der Waals surface area contributed by atoms with Gasteiger partial charge in [0.1, 0.15) is 16.4 Å². The fraction of sp³-hybridized carbons (Fsp3) is 0.0526. The molecule has 25 heavy (non-hydrogen) atoms. The molecule has 0 aliphatic heterocycles. The molecular formula is C19H12ClNO4. The van der Waals surface area contributed by atoms with Crippen LogP contribution in [-0.2, 0) is 0 Å². The molecule has 0 saturated heterocycles. The van der Waals surface area contributed by atoms with E-state index >= 15 is 0 Å². The number of hydrogen-bond donors (Lipinski definition) is 0. The smallest absolute Gasteiger partial charge is 0.277 e. The number of fused-ring (bicyclic) bond motifs is 2. The Labute approximate surface area is 146 Å². The SMILES string of the molecule is COc1ccc(-n2cc3c(=O)c4ccccc4oc3c(Cl)c2=O)cc1. The minimum absolute atomic E-state index is 0.0973. The van der Waals surface area contributed by atoms with E-state index in [1.54, 1.807) is 55.6 Å². The van der Waals surface area contributed by atoms with Gasteiger partial charge in [-0.15, -0.1) is 0 Å². The van der Waals surface area contributed by atoms with E-state index in [2.05, 4.69) is 0 Å². The van der Waals surface area contributed by atoms with Crippen molar-refractivity contribution in [3.05, 3.63) is 80.3 Å². The van der Waals surface area contributed by atoms with E-state index in [0.29, 0.717) is 22.4 Å². The van der Waals surface area contributed by atoms with Crippen LogP contribution in [-0.4, -0.2) is 11.7 Å². The first-order valence-electron chi connectivity index (χ1n) is 7.51. The fourth-order valence-corrected chi connectivity index (χ4v) is 2.99. The molecule has 0 saturated carbocycles. The third kappa shape index (κ3) is 2.40. The molecule has 4 rings (SSSR count). The summed E-state index contributed by atoms with van der Waals surface area (Å²) in [6.07, 6.45) is 1.46. The molecule has 0 aliphatic carbocycles. The van der Waals surface area contributed by atoms with Crippen LogP contribution >= 0.6 is 11.6 Å². The lowest BCUT2D eigenvalue weighted by molar-refractivity contribution is 0.414. The molecule has 0 amide bonds. The molecule has 0 radical (unpaired) electrons. The summed E-state index contributed by atoms with van der Waals surface area (Å²) in [6.45, 7) is 0. The van der Waals surface area contributed by atoms with Crippen LogP contribution in [0.4, 0.5) is 0 Å². The number of benzene rings is 2. The standard InChI is InChI=1S/C19H12ClNO4/c1-24-12-8-6-11(7-9-12)21-10-14-17(22)13-4-2-3-5-15(13)25-18(14)16(20)19(21)23/h2-10H,1H3. The van der Waals surface area contributed by atoms with Crippen molar-refractivity contribution in [1.82, 2.24) is 4.57 Å². The second-order valence-electron chi connectivity index (χ2n) is 5.49. The van der Waals surface area contributed by atoms with Gasteiger partial charge >= 0.3 is 0 Å². The summed E-state index contributed by atoms with van der Waals surface area (Å²) in [7, 11) is 1.56. The summed E-state index contributed by atoms with van der Waals surface area (Å²) in [5.74, 6) is 0.661. The maximum absolute atomic E-state index is 12.8. The molecule has 0 fully saturated rings. The van der Waals surface area contributed by atoms with Gasteiger partial charge in [-0.2, -0.15) is 0 Å². The highest BCUT2D eigenvalue weighted by molar-refractivity contribution is 6.34. The van der Waals surface area contributed by atoms with Crippen LogP contribution in [0.5, 0.6) is 5.75 Å². The Morgan fingerprint density at radius 2 is 1.72 bits per heavy atom. The van der Waals surface area contributed by atoms with Gasteiger partial charge in [0.15, 0.2) is 5.58 Å². The van der Waals surface area contributed by atoms with Crippen LogP contribution in [0.1, 0.15) is 0 Å². The highest BCUT2D eigenvalue weighted by atomic mass is 35.5. The van der Waals surface area contributed by atoms with E-state index in [1.165, 1.54) is 10.8 Å². The Kier molecular flexibility index (Phi) is 3.58. The van der Waals surface area contributed by atoms with Gasteiger partial charge in [-0.1, -0.05) is 23.7 Å². The molecule has 0 N–H and O–H groups in total. The molecule has 124 valence electrons. The van der Waals surface area contributed by atoms with E-state index in [1.807, 2.05) is 0 Å². The molecule has 2 aromatic carbocycles. The van der Waals surface area contributed by atoms with E-state index in [0.717, 1.165) is 0 Å². The van der Waals surface area contributed by atoms with Gasteiger partial charge in [0.2, 0.25) is 5.43 Å². The van der Waals surface area contributed by atoms with Crippen molar-refractivity contribution in [3.8, 4) is 11.4 Å². The zero-order chi connectivity index (χ0) is 17.6. The normalized spacial score (nSPS) is 11.1. The second kappa shape index (κ2) is 5.79. The molecule has 0 unspecified atom stereocenters. The van der Waals surface area contributed by atoms with E-state index in [-0.39, 0.29) is 21.4 Å². The topological polar surface area (TPSA) is 61.4 Å². The summed E-state index contributed by atoms with van der Waals surface area (Å²) in [5, 5.41) is 0.557. The van der Waals surface area contributed by atoms with Gasteiger partial charge in [-0.3, -0.25) is 14.2 Å². The quantitative estimate of drug-likeness (QED) is 0.515.